The standard InChI is InChI=1S/C15H16FNO3S/c1-11-5-3-4-6-12(11)10-17-21(18,19)15-9-13(16)7-8-14(15)20-2/h3-9,17H,10H2,1-2H3. The summed E-state index contributed by atoms with van der Waals surface area (Å²) in [7, 11) is -2.51. The Labute approximate surface area is 123 Å². The Morgan fingerprint density at radius 2 is 1.90 bits per heavy atom. The zero-order valence-electron chi connectivity index (χ0n) is 11.8. The molecule has 0 radical (unpaired) electrons. The molecule has 0 aliphatic carbocycles. The van der Waals surface area contributed by atoms with E-state index in [9.17, 15) is 12.8 Å². The van der Waals surface area contributed by atoms with Crippen molar-refractivity contribution >= 4 is 10.0 Å². The van der Waals surface area contributed by atoms with Gasteiger partial charge in [-0.05, 0) is 36.2 Å². The van der Waals surface area contributed by atoms with Crippen molar-refractivity contribution in [1.29, 1.82) is 0 Å². The maximum atomic E-state index is 13.3. The van der Waals surface area contributed by atoms with Crippen molar-refractivity contribution in [3.63, 3.8) is 0 Å². The third-order valence-electron chi connectivity index (χ3n) is 3.13. The first kappa shape index (κ1) is 15.5. The summed E-state index contributed by atoms with van der Waals surface area (Å²) in [6.45, 7) is 2.03. The van der Waals surface area contributed by atoms with Crippen LogP contribution in [0, 0.1) is 12.7 Å². The Balaban J connectivity index is 2.27. The van der Waals surface area contributed by atoms with Crippen LogP contribution >= 0.6 is 0 Å². The molecule has 112 valence electrons. The SMILES string of the molecule is COc1ccc(F)cc1S(=O)(=O)NCc1ccccc1C. The number of methoxy groups -OCH3 is 1. The second-order valence-electron chi connectivity index (χ2n) is 4.55. The van der Waals surface area contributed by atoms with E-state index in [0.717, 1.165) is 23.3 Å². The molecule has 2 aromatic rings. The van der Waals surface area contributed by atoms with Crippen molar-refractivity contribution in [3.8, 4) is 5.75 Å². The fraction of sp³-hybridized carbons (Fsp3) is 0.200. The minimum Gasteiger partial charge on any atom is -0.495 e. The van der Waals surface area contributed by atoms with Gasteiger partial charge >= 0.3 is 0 Å². The highest BCUT2D eigenvalue weighted by Gasteiger charge is 2.20. The number of aryl methyl sites for hydroxylation is 1. The summed E-state index contributed by atoms with van der Waals surface area (Å²) in [5.41, 5.74) is 1.84. The normalized spacial score (nSPS) is 11.4. The number of halogens is 1. The lowest BCUT2D eigenvalue weighted by atomic mass is 10.1. The quantitative estimate of drug-likeness (QED) is 0.923. The minimum atomic E-state index is -3.86. The van der Waals surface area contributed by atoms with Crippen LogP contribution in [-0.2, 0) is 16.6 Å². The predicted molar refractivity (Wildman–Crippen MR) is 78.2 cm³/mol. The summed E-state index contributed by atoms with van der Waals surface area (Å²) in [6, 6.07) is 10.8. The number of hydrogen-bond donors (Lipinski definition) is 1. The Hall–Kier alpha value is -1.92. The molecule has 0 saturated heterocycles. The van der Waals surface area contributed by atoms with Gasteiger partial charge in [0.05, 0.1) is 7.11 Å². The zero-order valence-corrected chi connectivity index (χ0v) is 12.6. The van der Waals surface area contributed by atoms with Gasteiger partial charge in [0.1, 0.15) is 16.5 Å². The summed E-state index contributed by atoms with van der Waals surface area (Å²) in [5.74, 6) is -0.527. The van der Waals surface area contributed by atoms with Crippen LogP contribution in [-0.4, -0.2) is 15.5 Å². The van der Waals surface area contributed by atoms with Crippen LogP contribution in [0.3, 0.4) is 0 Å². The van der Waals surface area contributed by atoms with Crippen LogP contribution in [0.5, 0.6) is 5.75 Å². The largest absolute Gasteiger partial charge is 0.495 e. The number of benzene rings is 2. The molecular formula is C15H16FNO3S. The second kappa shape index (κ2) is 6.24. The number of ether oxygens (including phenoxy) is 1. The molecule has 0 bridgehead atoms. The fourth-order valence-electron chi connectivity index (χ4n) is 1.92. The average Bonchev–Trinajstić information content (AvgIpc) is 2.46. The summed E-state index contributed by atoms with van der Waals surface area (Å²) >= 11 is 0. The molecule has 0 spiro atoms. The predicted octanol–water partition coefficient (Wildman–Crippen LogP) is 2.62. The van der Waals surface area contributed by atoms with E-state index >= 15 is 0 Å². The molecule has 2 rings (SSSR count). The molecule has 0 aromatic heterocycles. The van der Waals surface area contributed by atoms with E-state index in [1.807, 2.05) is 31.2 Å². The molecule has 1 N–H and O–H groups in total. The number of hydrogen-bond acceptors (Lipinski definition) is 3. The van der Waals surface area contributed by atoms with Crippen LogP contribution in [0.4, 0.5) is 4.39 Å². The summed E-state index contributed by atoms with van der Waals surface area (Å²) in [6.07, 6.45) is 0. The van der Waals surface area contributed by atoms with E-state index in [2.05, 4.69) is 4.72 Å². The van der Waals surface area contributed by atoms with E-state index in [-0.39, 0.29) is 17.2 Å². The molecule has 0 aliphatic rings. The smallest absolute Gasteiger partial charge is 0.244 e. The van der Waals surface area contributed by atoms with Crippen molar-refractivity contribution < 1.29 is 17.5 Å². The first-order valence-corrected chi connectivity index (χ1v) is 7.80. The first-order valence-electron chi connectivity index (χ1n) is 6.32. The first-order chi connectivity index (χ1) is 9.94. The lowest BCUT2D eigenvalue weighted by Gasteiger charge is -2.11. The molecule has 4 nitrogen and oxygen atoms in total. The van der Waals surface area contributed by atoms with E-state index in [4.69, 9.17) is 4.74 Å². The molecule has 0 amide bonds. The van der Waals surface area contributed by atoms with Crippen LogP contribution in [0.1, 0.15) is 11.1 Å². The van der Waals surface area contributed by atoms with Crippen molar-refractivity contribution in [1.82, 2.24) is 4.72 Å². The van der Waals surface area contributed by atoms with Gasteiger partial charge in [0.25, 0.3) is 0 Å². The molecule has 0 saturated carbocycles. The maximum Gasteiger partial charge on any atom is 0.244 e. The van der Waals surface area contributed by atoms with Crippen molar-refractivity contribution in [3.05, 3.63) is 59.4 Å². The average molecular weight is 309 g/mol. The Bertz CT molecular complexity index is 744. The Kier molecular flexibility index (Phi) is 4.59. The maximum absolute atomic E-state index is 13.3. The van der Waals surface area contributed by atoms with E-state index < -0.39 is 15.8 Å². The third-order valence-corrected chi connectivity index (χ3v) is 4.55. The molecule has 2 aromatic carbocycles. The zero-order chi connectivity index (χ0) is 15.5. The molecular weight excluding hydrogens is 293 g/mol. The van der Waals surface area contributed by atoms with Gasteiger partial charge < -0.3 is 4.74 Å². The molecule has 0 unspecified atom stereocenters. The van der Waals surface area contributed by atoms with Gasteiger partial charge in [-0.1, -0.05) is 24.3 Å². The molecule has 6 heteroatoms. The minimum absolute atomic E-state index is 0.105. The molecule has 0 atom stereocenters. The number of sulfonamides is 1. The molecule has 0 heterocycles. The highest BCUT2D eigenvalue weighted by molar-refractivity contribution is 7.89. The summed E-state index contributed by atoms with van der Waals surface area (Å²) < 4.78 is 45.3. The highest BCUT2D eigenvalue weighted by Crippen LogP contribution is 2.24. The van der Waals surface area contributed by atoms with Gasteiger partial charge in [0.2, 0.25) is 10.0 Å². The van der Waals surface area contributed by atoms with Gasteiger partial charge in [-0.2, -0.15) is 0 Å². The van der Waals surface area contributed by atoms with Gasteiger partial charge in [-0.25, -0.2) is 17.5 Å². The van der Waals surface area contributed by atoms with Gasteiger partial charge in [-0.3, -0.25) is 0 Å². The Morgan fingerprint density at radius 3 is 2.57 bits per heavy atom. The van der Waals surface area contributed by atoms with Crippen LogP contribution in [0.2, 0.25) is 0 Å². The van der Waals surface area contributed by atoms with E-state index in [1.165, 1.54) is 13.2 Å². The van der Waals surface area contributed by atoms with Crippen molar-refractivity contribution in [2.75, 3.05) is 7.11 Å². The lowest BCUT2D eigenvalue weighted by Crippen LogP contribution is -2.24. The second-order valence-corrected chi connectivity index (χ2v) is 6.28. The summed E-state index contributed by atoms with van der Waals surface area (Å²) in [4.78, 5) is -0.210. The van der Waals surface area contributed by atoms with Gasteiger partial charge in [-0.15, -0.1) is 0 Å². The monoisotopic (exact) mass is 309 g/mol. The van der Waals surface area contributed by atoms with E-state index in [0.29, 0.717) is 0 Å². The van der Waals surface area contributed by atoms with Gasteiger partial charge in [0.15, 0.2) is 0 Å². The topological polar surface area (TPSA) is 55.4 Å². The van der Waals surface area contributed by atoms with Crippen LogP contribution < -0.4 is 9.46 Å². The molecule has 0 aliphatic heterocycles. The fourth-order valence-corrected chi connectivity index (χ4v) is 3.10. The van der Waals surface area contributed by atoms with E-state index in [1.54, 1.807) is 0 Å². The van der Waals surface area contributed by atoms with Gasteiger partial charge in [0, 0.05) is 6.54 Å². The van der Waals surface area contributed by atoms with Crippen molar-refractivity contribution in [2.24, 2.45) is 0 Å². The third kappa shape index (κ3) is 3.59. The molecule has 0 fully saturated rings. The van der Waals surface area contributed by atoms with Crippen LogP contribution in [0.15, 0.2) is 47.4 Å². The van der Waals surface area contributed by atoms with Crippen LogP contribution in [0.25, 0.3) is 0 Å². The number of rotatable bonds is 5. The molecule has 21 heavy (non-hydrogen) atoms. The number of nitrogens with one attached hydrogen (secondary N) is 1. The lowest BCUT2D eigenvalue weighted by molar-refractivity contribution is 0.400. The Morgan fingerprint density at radius 1 is 1.19 bits per heavy atom. The summed E-state index contributed by atoms with van der Waals surface area (Å²) in [5, 5.41) is 0. The van der Waals surface area contributed by atoms with Crippen molar-refractivity contribution in [2.45, 2.75) is 18.4 Å². The highest BCUT2D eigenvalue weighted by atomic mass is 32.2.